The minimum atomic E-state index is -0.974. The van der Waals surface area contributed by atoms with Gasteiger partial charge in [-0.3, -0.25) is 4.79 Å². The van der Waals surface area contributed by atoms with Gasteiger partial charge in [-0.1, -0.05) is 42.4 Å². The normalized spacial score (nSPS) is 33.6. The van der Waals surface area contributed by atoms with Gasteiger partial charge in [0.1, 0.15) is 6.61 Å². The van der Waals surface area contributed by atoms with Gasteiger partial charge >= 0.3 is 11.9 Å². The highest BCUT2D eigenvalue weighted by molar-refractivity contribution is 5.80. The van der Waals surface area contributed by atoms with Crippen LogP contribution < -0.4 is 0 Å². The van der Waals surface area contributed by atoms with Crippen LogP contribution in [0.25, 0.3) is 0 Å². The zero-order chi connectivity index (χ0) is 20.8. The maximum absolute atomic E-state index is 11.1. The molecule has 0 saturated heterocycles. The SMILES string of the molecule is CC(=O)OC/C=C(\C)[C@@H]1C(C)=C[C@@H]2CC[C@@H](O)[C@H](C)[C@H]2[C@@H]1/C=C/C=C/C(=O)O. The lowest BCUT2D eigenvalue weighted by atomic mass is 9.57. The fourth-order valence-corrected chi connectivity index (χ4v) is 4.91. The van der Waals surface area contributed by atoms with Gasteiger partial charge in [0.2, 0.25) is 0 Å². The Kier molecular flexibility index (Phi) is 7.81. The number of aliphatic hydroxyl groups excluding tert-OH is 1. The van der Waals surface area contributed by atoms with Crippen molar-refractivity contribution in [1.82, 2.24) is 0 Å². The van der Waals surface area contributed by atoms with Gasteiger partial charge in [0.25, 0.3) is 0 Å². The molecule has 0 aromatic heterocycles. The minimum Gasteiger partial charge on any atom is -0.478 e. The monoisotopic (exact) mass is 388 g/mol. The van der Waals surface area contributed by atoms with Crippen LogP contribution in [0, 0.1) is 29.6 Å². The molecule has 2 N–H and O–H groups in total. The molecule has 5 heteroatoms. The number of carboxylic acid groups (broad SMARTS) is 1. The summed E-state index contributed by atoms with van der Waals surface area (Å²) >= 11 is 0. The highest BCUT2D eigenvalue weighted by Gasteiger charge is 2.44. The molecule has 2 rings (SSSR count). The zero-order valence-electron chi connectivity index (χ0n) is 17.2. The first-order valence-electron chi connectivity index (χ1n) is 9.96. The average molecular weight is 389 g/mol. The van der Waals surface area contributed by atoms with E-state index in [1.165, 1.54) is 12.5 Å². The zero-order valence-corrected chi connectivity index (χ0v) is 17.2. The van der Waals surface area contributed by atoms with E-state index in [0.717, 1.165) is 24.5 Å². The van der Waals surface area contributed by atoms with Crippen LogP contribution in [-0.4, -0.2) is 34.9 Å². The topological polar surface area (TPSA) is 83.8 Å². The van der Waals surface area contributed by atoms with Crippen molar-refractivity contribution in [3.05, 3.63) is 47.6 Å². The molecule has 0 heterocycles. The molecule has 0 amide bonds. The number of carbonyl (C=O) groups is 2. The number of carbonyl (C=O) groups excluding carboxylic acids is 1. The molecule has 0 radical (unpaired) electrons. The Labute approximate surface area is 167 Å². The molecule has 0 unspecified atom stereocenters. The third-order valence-electron chi connectivity index (χ3n) is 6.17. The number of allylic oxidation sites excluding steroid dienone is 6. The van der Waals surface area contributed by atoms with E-state index in [1.807, 2.05) is 13.0 Å². The summed E-state index contributed by atoms with van der Waals surface area (Å²) in [5.74, 6) is -0.147. The Balaban J connectivity index is 2.37. The van der Waals surface area contributed by atoms with E-state index in [2.05, 4.69) is 26.0 Å². The Morgan fingerprint density at radius 3 is 2.61 bits per heavy atom. The van der Waals surface area contributed by atoms with Gasteiger partial charge in [0.05, 0.1) is 6.10 Å². The molecular weight excluding hydrogens is 356 g/mol. The van der Waals surface area contributed by atoms with Crippen molar-refractivity contribution in [2.24, 2.45) is 29.6 Å². The average Bonchev–Trinajstić information content (AvgIpc) is 2.60. The molecule has 0 bridgehead atoms. The van der Waals surface area contributed by atoms with Crippen LogP contribution in [0.5, 0.6) is 0 Å². The summed E-state index contributed by atoms with van der Waals surface area (Å²) in [5, 5.41) is 19.3. The predicted molar refractivity (Wildman–Crippen MR) is 108 cm³/mol. The Morgan fingerprint density at radius 1 is 1.25 bits per heavy atom. The fourth-order valence-electron chi connectivity index (χ4n) is 4.91. The van der Waals surface area contributed by atoms with Crippen LogP contribution >= 0.6 is 0 Å². The maximum atomic E-state index is 11.1. The smallest absolute Gasteiger partial charge is 0.328 e. The second-order valence-electron chi connectivity index (χ2n) is 8.04. The summed E-state index contributed by atoms with van der Waals surface area (Å²) in [6, 6.07) is 0. The van der Waals surface area contributed by atoms with E-state index < -0.39 is 5.97 Å². The highest BCUT2D eigenvalue weighted by atomic mass is 16.5. The lowest BCUT2D eigenvalue weighted by molar-refractivity contribution is -0.139. The lowest BCUT2D eigenvalue weighted by Gasteiger charge is -2.48. The van der Waals surface area contributed by atoms with E-state index in [9.17, 15) is 14.7 Å². The number of hydrogen-bond donors (Lipinski definition) is 2. The fraction of sp³-hybridized carbons (Fsp3) is 0.565. The van der Waals surface area contributed by atoms with Crippen LogP contribution in [-0.2, 0) is 14.3 Å². The van der Waals surface area contributed by atoms with Crippen molar-refractivity contribution >= 4 is 11.9 Å². The van der Waals surface area contributed by atoms with Crippen molar-refractivity contribution in [3.63, 3.8) is 0 Å². The second kappa shape index (κ2) is 9.87. The molecular formula is C23H32O5. The molecule has 28 heavy (non-hydrogen) atoms. The Bertz CT molecular complexity index is 700. The molecule has 6 atom stereocenters. The second-order valence-corrected chi connectivity index (χ2v) is 8.04. The molecule has 2 aliphatic rings. The van der Waals surface area contributed by atoms with E-state index in [4.69, 9.17) is 9.84 Å². The highest BCUT2D eigenvalue weighted by Crippen LogP contribution is 2.50. The van der Waals surface area contributed by atoms with Crippen LogP contribution in [0.3, 0.4) is 0 Å². The van der Waals surface area contributed by atoms with Crippen LogP contribution in [0.2, 0.25) is 0 Å². The molecule has 1 saturated carbocycles. The summed E-state index contributed by atoms with van der Waals surface area (Å²) in [5.41, 5.74) is 2.40. The summed E-state index contributed by atoms with van der Waals surface area (Å²) in [6.45, 7) is 7.92. The van der Waals surface area contributed by atoms with Crippen LogP contribution in [0.15, 0.2) is 47.6 Å². The first-order chi connectivity index (χ1) is 13.2. The molecule has 0 aromatic carbocycles. The Hall–Kier alpha value is -2.14. The minimum absolute atomic E-state index is 0.138. The molecule has 5 nitrogen and oxygen atoms in total. The van der Waals surface area contributed by atoms with Crippen molar-refractivity contribution in [2.45, 2.75) is 46.6 Å². The van der Waals surface area contributed by atoms with E-state index in [0.29, 0.717) is 5.92 Å². The lowest BCUT2D eigenvalue weighted by Crippen LogP contribution is -2.44. The third-order valence-corrected chi connectivity index (χ3v) is 6.17. The number of aliphatic carboxylic acids is 1. The van der Waals surface area contributed by atoms with Crippen LogP contribution in [0.4, 0.5) is 0 Å². The standard InChI is InChI=1S/C23H32O5/c1-14(11-12-28-17(4)24)22-15(2)13-18-9-10-20(25)16(3)23(18)19(22)7-5-6-8-21(26)27/h5-8,11,13,16,18-20,22-23,25H,9-10,12H2,1-4H3,(H,26,27)/b7-5+,8-6+,14-11+/t16-,18-,19+,20+,22+,23+/m0/s1. The third kappa shape index (κ3) is 5.44. The summed E-state index contributed by atoms with van der Waals surface area (Å²) in [7, 11) is 0. The summed E-state index contributed by atoms with van der Waals surface area (Å²) < 4.78 is 5.07. The van der Waals surface area contributed by atoms with Gasteiger partial charge < -0.3 is 14.9 Å². The molecule has 154 valence electrons. The van der Waals surface area contributed by atoms with Crippen molar-refractivity contribution < 1.29 is 24.5 Å². The molecule has 0 spiro atoms. The van der Waals surface area contributed by atoms with E-state index >= 15 is 0 Å². The number of ether oxygens (including phenoxy) is 1. The number of rotatable bonds is 6. The van der Waals surface area contributed by atoms with Gasteiger partial charge in [0, 0.05) is 18.9 Å². The van der Waals surface area contributed by atoms with Gasteiger partial charge in [-0.05, 0) is 56.4 Å². The van der Waals surface area contributed by atoms with Crippen molar-refractivity contribution in [3.8, 4) is 0 Å². The van der Waals surface area contributed by atoms with Crippen LogP contribution in [0.1, 0.15) is 40.5 Å². The number of hydrogen-bond acceptors (Lipinski definition) is 4. The number of carboxylic acids is 1. The molecule has 0 aliphatic heterocycles. The van der Waals surface area contributed by atoms with Gasteiger partial charge in [-0.2, -0.15) is 0 Å². The summed E-state index contributed by atoms with van der Waals surface area (Å²) in [4.78, 5) is 21.8. The predicted octanol–water partition coefficient (Wildman–Crippen LogP) is 3.91. The van der Waals surface area contributed by atoms with Crippen molar-refractivity contribution in [2.75, 3.05) is 6.61 Å². The molecule has 0 aromatic rings. The van der Waals surface area contributed by atoms with Gasteiger partial charge in [-0.15, -0.1) is 0 Å². The first-order valence-corrected chi connectivity index (χ1v) is 9.96. The Morgan fingerprint density at radius 2 is 1.96 bits per heavy atom. The summed E-state index contributed by atoms with van der Waals surface area (Å²) in [6.07, 6.45) is 12.3. The first kappa shape index (κ1) is 22.2. The number of aliphatic hydroxyl groups is 1. The molecule has 2 aliphatic carbocycles. The van der Waals surface area contributed by atoms with Gasteiger partial charge in [-0.25, -0.2) is 4.79 Å². The van der Waals surface area contributed by atoms with E-state index in [-0.39, 0.29) is 42.4 Å². The van der Waals surface area contributed by atoms with Crippen molar-refractivity contribution in [1.29, 1.82) is 0 Å². The van der Waals surface area contributed by atoms with E-state index in [1.54, 1.807) is 12.2 Å². The molecule has 1 fully saturated rings. The quantitative estimate of drug-likeness (QED) is 0.312. The maximum Gasteiger partial charge on any atom is 0.328 e. The number of fused-ring (bicyclic) bond motifs is 1. The number of esters is 1. The largest absolute Gasteiger partial charge is 0.478 e. The van der Waals surface area contributed by atoms with Gasteiger partial charge in [0.15, 0.2) is 0 Å².